The van der Waals surface area contributed by atoms with E-state index in [1.54, 1.807) is 12.1 Å². The number of sulfonamides is 1. The number of hydrogen-bond acceptors (Lipinski definition) is 3. The molecule has 0 heterocycles. The highest BCUT2D eigenvalue weighted by Crippen LogP contribution is 2.09. The summed E-state index contributed by atoms with van der Waals surface area (Å²) in [5.74, 6) is 0. The molecule has 0 fully saturated rings. The van der Waals surface area contributed by atoms with E-state index in [1.807, 2.05) is 13.1 Å². The Kier molecular flexibility index (Phi) is 3.62. The summed E-state index contributed by atoms with van der Waals surface area (Å²) in [7, 11) is -1.72. The van der Waals surface area contributed by atoms with Crippen LogP contribution in [0.4, 0.5) is 0 Å². The molecular weight excluding hydrogens is 200 g/mol. The number of rotatable bonds is 4. The molecule has 0 amide bonds. The average molecular weight is 214 g/mol. The van der Waals surface area contributed by atoms with Crippen LogP contribution in [0.1, 0.15) is 5.56 Å². The van der Waals surface area contributed by atoms with Gasteiger partial charge in [0.25, 0.3) is 0 Å². The third-order valence-corrected chi connectivity index (χ3v) is 2.80. The number of benzene rings is 1. The Hall–Kier alpha value is -0.910. The molecule has 78 valence electrons. The van der Waals surface area contributed by atoms with E-state index in [0.717, 1.165) is 18.5 Å². The SMILES string of the molecule is CNCCc1cccc(S(N)(=O)=O)c1. The van der Waals surface area contributed by atoms with Gasteiger partial charge in [0.1, 0.15) is 0 Å². The Morgan fingerprint density at radius 1 is 1.43 bits per heavy atom. The Bertz CT molecular complexity index is 401. The van der Waals surface area contributed by atoms with Gasteiger partial charge in [-0.05, 0) is 37.7 Å². The first-order valence-electron chi connectivity index (χ1n) is 4.30. The molecule has 0 atom stereocenters. The predicted octanol–water partition coefficient (Wildman–Crippen LogP) is 0.0959. The first-order chi connectivity index (χ1) is 6.54. The quantitative estimate of drug-likeness (QED) is 0.746. The van der Waals surface area contributed by atoms with E-state index in [2.05, 4.69) is 5.32 Å². The second-order valence-electron chi connectivity index (χ2n) is 3.05. The number of nitrogens with one attached hydrogen (secondary N) is 1. The largest absolute Gasteiger partial charge is 0.319 e. The van der Waals surface area contributed by atoms with Crippen LogP contribution < -0.4 is 10.5 Å². The molecule has 0 bridgehead atoms. The Morgan fingerprint density at radius 3 is 2.71 bits per heavy atom. The normalized spacial score (nSPS) is 11.6. The molecule has 1 aromatic rings. The van der Waals surface area contributed by atoms with E-state index < -0.39 is 10.0 Å². The molecule has 5 heteroatoms. The van der Waals surface area contributed by atoms with E-state index in [1.165, 1.54) is 6.07 Å². The van der Waals surface area contributed by atoms with Crippen molar-refractivity contribution in [3.8, 4) is 0 Å². The summed E-state index contributed by atoms with van der Waals surface area (Å²) >= 11 is 0. The van der Waals surface area contributed by atoms with Crippen molar-refractivity contribution in [2.75, 3.05) is 13.6 Å². The first kappa shape index (κ1) is 11.2. The van der Waals surface area contributed by atoms with Crippen LogP contribution in [0.3, 0.4) is 0 Å². The summed E-state index contributed by atoms with van der Waals surface area (Å²) in [6, 6.07) is 6.68. The van der Waals surface area contributed by atoms with Gasteiger partial charge in [-0.25, -0.2) is 13.6 Å². The van der Waals surface area contributed by atoms with Gasteiger partial charge in [0.05, 0.1) is 4.90 Å². The lowest BCUT2D eigenvalue weighted by molar-refractivity contribution is 0.597. The molecule has 0 saturated carbocycles. The third kappa shape index (κ3) is 3.10. The molecule has 1 aromatic carbocycles. The standard InChI is InChI=1S/C9H14N2O2S/c1-11-6-5-8-3-2-4-9(7-8)14(10,12)13/h2-4,7,11H,5-6H2,1H3,(H2,10,12,13). The zero-order chi connectivity index (χ0) is 10.6. The highest BCUT2D eigenvalue weighted by atomic mass is 32.2. The van der Waals surface area contributed by atoms with Crippen LogP contribution in [0, 0.1) is 0 Å². The van der Waals surface area contributed by atoms with Gasteiger partial charge in [0.15, 0.2) is 0 Å². The van der Waals surface area contributed by atoms with Gasteiger partial charge in [-0.2, -0.15) is 0 Å². The average Bonchev–Trinajstić information content (AvgIpc) is 2.14. The van der Waals surface area contributed by atoms with Crippen molar-refractivity contribution in [1.82, 2.24) is 5.32 Å². The minimum atomic E-state index is -3.57. The van der Waals surface area contributed by atoms with Crippen LogP contribution >= 0.6 is 0 Å². The van der Waals surface area contributed by atoms with Crippen molar-refractivity contribution >= 4 is 10.0 Å². The fourth-order valence-corrected chi connectivity index (χ4v) is 1.73. The molecule has 0 aliphatic rings. The van der Waals surface area contributed by atoms with Crippen molar-refractivity contribution in [3.05, 3.63) is 29.8 Å². The summed E-state index contributed by atoms with van der Waals surface area (Å²) in [6.45, 7) is 0.814. The Labute approximate surface area is 84.2 Å². The van der Waals surface area contributed by atoms with Gasteiger partial charge in [0, 0.05) is 0 Å². The van der Waals surface area contributed by atoms with E-state index >= 15 is 0 Å². The van der Waals surface area contributed by atoms with E-state index in [9.17, 15) is 8.42 Å². The van der Waals surface area contributed by atoms with Gasteiger partial charge in [-0.1, -0.05) is 12.1 Å². The number of nitrogens with two attached hydrogens (primary N) is 1. The molecule has 1 rings (SSSR count). The predicted molar refractivity (Wildman–Crippen MR) is 55.4 cm³/mol. The van der Waals surface area contributed by atoms with Crippen molar-refractivity contribution < 1.29 is 8.42 Å². The van der Waals surface area contributed by atoms with Gasteiger partial charge in [-0.3, -0.25) is 0 Å². The van der Waals surface area contributed by atoms with Crippen LogP contribution in [0.15, 0.2) is 29.2 Å². The minimum Gasteiger partial charge on any atom is -0.319 e. The van der Waals surface area contributed by atoms with Crippen LogP contribution in [0.5, 0.6) is 0 Å². The molecule has 0 radical (unpaired) electrons. The Balaban J connectivity index is 2.90. The molecular formula is C9H14N2O2S. The lowest BCUT2D eigenvalue weighted by Crippen LogP contribution is -2.13. The van der Waals surface area contributed by atoms with Crippen molar-refractivity contribution in [1.29, 1.82) is 0 Å². The summed E-state index contributed by atoms with van der Waals surface area (Å²) in [5.41, 5.74) is 0.964. The lowest BCUT2D eigenvalue weighted by atomic mass is 10.1. The fourth-order valence-electron chi connectivity index (χ4n) is 1.15. The minimum absolute atomic E-state index is 0.172. The maximum atomic E-state index is 11.0. The fraction of sp³-hybridized carbons (Fsp3) is 0.333. The van der Waals surface area contributed by atoms with Crippen LogP contribution in [-0.4, -0.2) is 22.0 Å². The topological polar surface area (TPSA) is 72.2 Å². The monoisotopic (exact) mass is 214 g/mol. The number of hydrogen-bond donors (Lipinski definition) is 2. The van der Waals surface area contributed by atoms with Gasteiger partial charge < -0.3 is 5.32 Å². The maximum Gasteiger partial charge on any atom is 0.238 e. The summed E-state index contributed by atoms with van der Waals surface area (Å²) in [4.78, 5) is 0.172. The molecule has 0 aromatic heterocycles. The number of primary sulfonamides is 1. The lowest BCUT2D eigenvalue weighted by Gasteiger charge is -2.03. The summed E-state index contributed by atoms with van der Waals surface area (Å²) in [6.07, 6.45) is 0.792. The summed E-state index contributed by atoms with van der Waals surface area (Å²) in [5, 5.41) is 8.00. The van der Waals surface area contributed by atoms with Gasteiger partial charge >= 0.3 is 0 Å². The smallest absolute Gasteiger partial charge is 0.238 e. The maximum absolute atomic E-state index is 11.0. The molecule has 0 saturated heterocycles. The van der Waals surface area contributed by atoms with Crippen LogP contribution in [-0.2, 0) is 16.4 Å². The van der Waals surface area contributed by atoms with E-state index in [0.29, 0.717) is 0 Å². The van der Waals surface area contributed by atoms with Gasteiger partial charge in [0.2, 0.25) is 10.0 Å². The highest BCUT2D eigenvalue weighted by Gasteiger charge is 2.07. The van der Waals surface area contributed by atoms with E-state index in [-0.39, 0.29) is 4.90 Å². The van der Waals surface area contributed by atoms with Crippen molar-refractivity contribution in [2.24, 2.45) is 5.14 Å². The molecule has 0 aliphatic carbocycles. The first-order valence-corrected chi connectivity index (χ1v) is 5.85. The third-order valence-electron chi connectivity index (χ3n) is 1.89. The summed E-state index contributed by atoms with van der Waals surface area (Å²) < 4.78 is 22.0. The second kappa shape index (κ2) is 4.54. The zero-order valence-electron chi connectivity index (χ0n) is 8.03. The highest BCUT2D eigenvalue weighted by molar-refractivity contribution is 7.89. The molecule has 0 spiro atoms. The zero-order valence-corrected chi connectivity index (χ0v) is 8.84. The van der Waals surface area contributed by atoms with E-state index in [4.69, 9.17) is 5.14 Å². The second-order valence-corrected chi connectivity index (χ2v) is 4.61. The van der Waals surface area contributed by atoms with Crippen LogP contribution in [0.2, 0.25) is 0 Å². The molecule has 14 heavy (non-hydrogen) atoms. The molecule has 3 N–H and O–H groups in total. The van der Waals surface area contributed by atoms with Crippen molar-refractivity contribution in [3.63, 3.8) is 0 Å². The van der Waals surface area contributed by atoms with Gasteiger partial charge in [-0.15, -0.1) is 0 Å². The molecule has 0 aliphatic heterocycles. The van der Waals surface area contributed by atoms with Crippen molar-refractivity contribution in [2.45, 2.75) is 11.3 Å². The Morgan fingerprint density at radius 2 is 2.14 bits per heavy atom. The molecule has 4 nitrogen and oxygen atoms in total. The van der Waals surface area contributed by atoms with Crippen LogP contribution in [0.25, 0.3) is 0 Å². The molecule has 0 unspecified atom stereocenters. The number of likely N-dealkylation sites (N-methyl/N-ethyl adjacent to an activating group) is 1.